The molecule has 0 bridgehead atoms. The van der Waals surface area contributed by atoms with Gasteiger partial charge in [-0.05, 0) is 55.9 Å². The van der Waals surface area contributed by atoms with E-state index in [1.807, 2.05) is 31.2 Å². The van der Waals surface area contributed by atoms with Crippen molar-refractivity contribution in [2.75, 3.05) is 31.6 Å². The van der Waals surface area contributed by atoms with Crippen LogP contribution in [0.15, 0.2) is 24.3 Å². The Morgan fingerprint density at radius 1 is 1.32 bits per heavy atom. The van der Waals surface area contributed by atoms with Crippen molar-refractivity contribution in [2.45, 2.75) is 25.8 Å². The zero-order valence-corrected chi connectivity index (χ0v) is 13.1. The molecule has 5 nitrogen and oxygen atoms in total. The lowest BCUT2D eigenvalue weighted by Gasteiger charge is -2.18. The molecule has 3 rings (SSSR count). The Bertz CT molecular complexity index is 517. The van der Waals surface area contributed by atoms with E-state index in [0.717, 1.165) is 30.9 Å². The average molecular weight is 303 g/mol. The molecule has 1 amide bonds. The molecule has 2 fully saturated rings. The molecule has 0 aromatic heterocycles. The highest BCUT2D eigenvalue weighted by Crippen LogP contribution is 2.36. The van der Waals surface area contributed by atoms with E-state index < -0.39 is 0 Å². The predicted octanol–water partition coefficient (Wildman–Crippen LogP) is 1.69. The minimum atomic E-state index is 0.0395. The van der Waals surface area contributed by atoms with Gasteiger partial charge in [0.15, 0.2) is 0 Å². The molecular formula is C17H25N3O2. The molecule has 1 aliphatic heterocycles. The molecule has 3 N–H and O–H groups in total. The molecule has 1 heterocycles. The molecule has 0 radical (unpaired) electrons. The minimum absolute atomic E-state index is 0.0395. The zero-order chi connectivity index (χ0) is 15.5. The van der Waals surface area contributed by atoms with E-state index in [1.54, 1.807) is 0 Å². The van der Waals surface area contributed by atoms with E-state index in [-0.39, 0.29) is 5.91 Å². The molecule has 5 heteroatoms. The fourth-order valence-electron chi connectivity index (χ4n) is 3.73. The van der Waals surface area contributed by atoms with Crippen LogP contribution < -0.4 is 15.8 Å². The van der Waals surface area contributed by atoms with Gasteiger partial charge in [-0.25, -0.2) is 0 Å². The summed E-state index contributed by atoms with van der Waals surface area (Å²) in [4.78, 5) is 14.4. The third kappa shape index (κ3) is 3.42. The Morgan fingerprint density at radius 2 is 2.09 bits per heavy atom. The van der Waals surface area contributed by atoms with Crippen molar-refractivity contribution in [1.82, 2.24) is 4.90 Å². The number of benzene rings is 1. The van der Waals surface area contributed by atoms with Gasteiger partial charge in [-0.15, -0.1) is 0 Å². The van der Waals surface area contributed by atoms with E-state index in [1.165, 1.54) is 6.42 Å². The summed E-state index contributed by atoms with van der Waals surface area (Å²) in [5, 5.41) is 2.95. The van der Waals surface area contributed by atoms with Gasteiger partial charge in [-0.1, -0.05) is 0 Å². The number of carbonyl (C=O) groups is 1. The van der Waals surface area contributed by atoms with E-state index in [9.17, 15) is 4.79 Å². The lowest BCUT2D eigenvalue weighted by atomic mass is 9.98. The van der Waals surface area contributed by atoms with E-state index >= 15 is 0 Å². The summed E-state index contributed by atoms with van der Waals surface area (Å²) in [6, 6.07) is 7.82. The van der Waals surface area contributed by atoms with Gasteiger partial charge in [0.25, 0.3) is 0 Å². The molecule has 1 aliphatic carbocycles. The maximum atomic E-state index is 12.2. The molecule has 22 heavy (non-hydrogen) atoms. The van der Waals surface area contributed by atoms with Crippen LogP contribution in [0.5, 0.6) is 5.75 Å². The van der Waals surface area contributed by atoms with Gasteiger partial charge in [0, 0.05) is 24.8 Å². The van der Waals surface area contributed by atoms with Crippen LogP contribution >= 0.6 is 0 Å². The highest BCUT2D eigenvalue weighted by Gasteiger charge is 2.41. The lowest BCUT2D eigenvalue weighted by molar-refractivity contribution is -0.117. The first-order valence-electron chi connectivity index (χ1n) is 8.16. The van der Waals surface area contributed by atoms with Gasteiger partial charge in [0.2, 0.25) is 5.91 Å². The van der Waals surface area contributed by atoms with Crippen molar-refractivity contribution in [3.63, 3.8) is 0 Å². The summed E-state index contributed by atoms with van der Waals surface area (Å²) < 4.78 is 5.39. The van der Waals surface area contributed by atoms with Gasteiger partial charge in [0.05, 0.1) is 13.2 Å². The normalized spacial score (nSPS) is 27.6. The predicted molar refractivity (Wildman–Crippen MR) is 86.9 cm³/mol. The maximum Gasteiger partial charge on any atom is 0.238 e. The highest BCUT2D eigenvalue weighted by molar-refractivity contribution is 5.92. The van der Waals surface area contributed by atoms with Gasteiger partial charge in [-0.3, -0.25) is 9.69 Å². The second kappa shape index (κ2) is 6.67. The molecule has 0 spiro atoms. The Morgan fingerprint density at radius 3 is 2.77 bits per heavy atom. The quantitative estimate of drug-likeness (QED) is 0.868. The molecule has 2 aliphatic rings. The van der Waals surface area contributed by atoms with Gasteiger partial charge in [0.1, 0.15) is 5.75 Å². The molecule has 120 valence electrons. The number of rotatable bonds is 5. The molecule has 1 saturated carbocycles. The summed E-state index contributed by atoms with van der Waals surface area (Å²) in [6.45, 7) is 5.02. The number of fused-ring (bicyclic) bond motifs is 1. The number of hydrogen-bond donors (Lipinski definition) is 2. The van der Waals surface area contributed by atoms with Crippen LogP contribution in [-0.2, 0) is 4.79 Å². The standard InChI is InChI=1S/C17H25N3O2/c1-2-22-14-6-4-13(5-7-14)19-17(21)11-20-9-12-3-8-16(18)15(12)10-20/h4-7,12,15-16H,2-3,8-11,18H2,1H3,(H,19,21). The van der Waals surface area contributed by atoms with E-state index in [2.05, 4.69) is 10.2 Å². The van der Waals surface area contributed by atoms with Crippen LogP contribution in [0.25, 0.3) is 0 Å². The number of likely N-dealkylation sites (tertiary alicyclic amines) is 1. The van der Waals surface area contributed by atoms with Crippen molar-refractivity contribution in [1.29, 1.82) is 0 Å². The van der Waals surface area contributed by atoms with Crippen molar-refractivity contribution < 1.29 is 9.53 Å². The number of hydrogen-bond acceptors (Lipinski definition) is 4. The second-order valence-electron chi connectivity index (χ2n) is 6.36. The van der Waals surface area contributed by atoms with Crippen molar-refractivity contribution >= 4 is 11.6 Å². The van der Waals surface area contributed by atoms with E-state index in [0.29, 0.717) is 31.0 Å². The van der Waals surface area contributed by atoms with Gasteiger partial charge in [-0.2, -0.15) is 0 Å². The number of anilines is 1. The maximum absolute atomic E-state index is 12.2. The lowest BCUT2D eigenvalue weighted by Crippen LogP contribution is -2.34. The third-order valence-electron chi connectivity index (χ3n) is 4.80. The second-order valence-corrected chi connectivity index (χ2v) is 6.36. The first-order chi connectivity index (χ1) is 10.7. The Balaban J connectivity index is 1.48. The third-order valence-corrected chi connectivity index (χ3v) is 4.80. The summed E-state index contributed by atoms with van der Waals surface area (Å²) in [5.41, 5.74) is 6.95. The van der Waals surface area contributed by atoms with Crippen LogP contribution in [0.3, 0.4) is 0 Å². The monoisotopic (exact) mass is 303 g/mol. The fourth-order valence-corrected chi connectivity index (χ4v) is 3.73. The fraction of sp³-hybridized carbons (Fsp3) is 0.588. The highest BCUT2D eigenvalue weighted by atomic mass is 16.5. The Hall–Kier alpha value is -1.59. The number of carbonyl (C=O) groups excluding carboxylic acids is 1. The van der Waals surface area contributed by atoms with Crippen molar-refractivity contribution in [3.8, 4) is 5.75 Å². The average Bonchev–Trinajstić information content (AvgIpc) is 3.03. The molecule has 1 saturated heterocycles. The molecule has 3 atom stereocenters. The molecule has 3 unspecified atom stereocenters. The summed E-state index contributed by atoms with van der Waals surface area (Å²) in [5.74, 6) is 2.13. The Kier molecular flexibility index (Phi) is 4.64. The first-order valence-corrected chi connectivity index (χ1v) is 8.16. The van der Waals surface area contributed by atoms with Crippen LogP contribution in [0.2, 0.25) is 0 Å². The summed E-state index contributed by atoms with van der Waals surface area (Å²) in [7, 11) is 0. The number of amides is 1. The van der Waals surface area contributed by atoms with Crippen molar-refractivity contribution in [2.24, 2.45) is 17.6 Å². The van der Waals surface area contributed by atoms with Crippen LogP contribution in [0, 0.1) is 11.8 Å². The van der Waals surface area contributed by atoms with Crippen LogP contribution in [0.1, 0.15) is 19.8 Å². The number of nitrogens with zero attached hydrogens (tertiary/aromatic N) is 1. The van der Waals surface area contributed by atoms with Gasteiger partial charge < -0.3 is 15.8 Å². The molecular weight excluding hydrogens is 278 g/mol. The summed E-state index contributed by atoms with van der Waals surface area (Å²) in [6.07, 6.45) is 2.35. The first kappa shape index (κ1) is 15.3. The summed E-state index contributed by atoms with van der Waals surface area (Å²) >= 11 is 0. The Labute approximate surface area is 131 Å². The van der Waals surface area contributed by atoms with Crippen LogP contribution in [-0.4, -0.2) is 43.1 Å². The minimum Gasteiger partial charge on any atom is -0.494 e. The molecule has 1 aromatic rings. The van der Waals surface area contributed by atoms with Gasteiger partial charge >= 0.3 is 0 Å². The largest absolute Gasteiger partial charge is 0.494 e. The van der Waals surface area contributed by atoms with E-state index in [4.69, 9.17) is 10.5 Å². The SMILES string of the molecule is CCOc1ccc(NC(=O)CN2CC3CCC(N)C3C2)cc1. The number of nitrogens with one attached hydrogen (secondary N) is 1. The topological polar surface area (TPSA) is 67.6 Å². The number of ether oxygens (including phenoxy) is 1. The molecule has 1 aromatic carbocycles. The smallest absolute Gasteiger partial charge is 0.238 e. The van der Waals surface area contributed by atoms with Crippen LogP contribution in [0.4, 0.5) is 5.69 Å². The van der Waals surface area contributed by atoms with Crippen molar-refractivity contribution in [3.05, 3.63) is 24.3 Å². The zero-order valence-electron chi connectivity index (χ0n) is 13.1. The number of nitrogens with two attached hydrogens (primary N) is 1.